The van der Waals surface area contributed by atoms with Crippen LogP contribution in [0.2, 0.25) is 0 Å². The highest BCUT2D eigenvalue weighted by atomic mass is 16.5. The van der Waals surface area contributed by atoms with Crippen LogP contribution in [-0.4, -0.2) is 66.3 Å². The van der Waals surface area contributed by atoms with Gasteiger partial charge >= 0.3 is 0 Å². The molecule has 6 heteroatoms. The van der Waals surface area contributed by atoms with Crippen LogP contribution in [0.3, 0.4) is 0 Å². The Balaban J connectivity index is 1.74. The van der Waals surface area contributed by atoms with Gasteiger partial charge in [0.2, 0.25) is 0 Å². The van der Waals surface area contributed by atoms with Crippen LogP contribution in [0, 0.1) is 0 Å². The van der Waals surface area contributed by atoms with Crippen LogP contribution in [0.5, 0.6) is 0 Å². The molecule has 1 saturated heterocycles. The standard InChI is InChI=1S/C18H29N3O3/c1-18(2,3)16-11-13(19-24-16)17(22)21-8-9-23-15-10-12(20(4)5)6-7-14(15)21/h11-12,14-15H,6-10H2,1-5H3/t12-,14-,15-/m1/s1. The molecule has 0 aromatic carbocycles. The van der Waals surface area contributed by atoms with Gasteiger partial charge in [-0.2, -0.15) is 0 Å². The molecule has 1 saturated carbocycles. The molecule has 0 spiro atoms. The SMILES string of the molecule is CN(C)[C@@H]1CC[C@@H]2[C@@H](C1)OCCN2C(=O)c1cc(C(C)(C)C)on1. The third-order valence-corrected chi connectivity index (χ3v) is 5.25. The summed E-state index contributed by atoms with van der Waals surface area (Å²) < 4.78 is 11.4. The van der Waals surface area contributed by atoms with Crippen molar-refractivity contribution in [2.45, 2.75) is 63.6 Å². The molecular weight excluding hydrogens is 306 g/mol. The summed E-state index contributed by atoms with van der Waals surface area (Å²) in [6.45, 7) is 7.38. The fraction of sp³-hybridized carbons (Fsp3) is 0.778. The number of ether oxygens (including phenoxy) is 1. The predicted octanol–water partition coefficient (Wildman–Crippen LogP) is 2.30. The van der Waals surface area contributed by atoms with Crippen LogP contribution in [0.4, 0.5) is 0 Å². The quantitative estimate of drug-likeness (QED) is 0.830. The minimum Gasteiger partial charge on any atom is -0.374 e. The molecule has 3 atom stereocenters. The number of nitrogens with zero attached hydrogens (tertiary/aromatic N) is 3. The third-order valence-electron chi connectivity index (χ3n) is 5.25. The summed E-state index contributed by atoms with van der Waals surface area (Å²) in [5.74, 6) is 0.711. The summed E-state index contributed by atoms with van der Waals surface area (Å²) in [4.78, 5) is 17.2. The van der Waals surface area contributed by atoms with Gasteiger partial charge in [0.1, 0.15) is 5.76 Å². The number of rotatable bonds is 2. The molecule has 0 bridgehead atoms. The van der Waals surface area contributed by atoms with E-state index in [1.807, 2.05) is 4.90 Å². The van der Waals surface area contributed by atoms with Crippen LogP contribution >= 0.6 is 0 Å². The number of hydrogen-bond acceptors (Lipinski definition) is 5. The zero-order valence-corrected chi connectivity index (χ0v) is 15.4. The summed E-state index contributed by atoms with van der Waals surface area (Å²) in [7, 11) is 4.22. The molecule has 0 N–H and O–H groups in total. The topological polar surface area (TPSA) is 58.8 Å². The van der Waals surface area contributed by atoms with E-state index < -0.39 is 0 Å². The van der Waals surface area contributed by atoms with Gasteiger partial charge < -0.3 is 19.1 Å². The van der Waals surface area contributed by atoms with Crippen molar-refractivity contribution in [3.05, 3.63) is 17.5 Å². The van der Waals surface area contributed by atoms with Crippen molar-refractivity contribution in [1.82, 2.24) is 15.0 Å². The van der Waals surface area contributed by atoms with Gasteiger partial charge in [0, 0.05) is 24.1 Å². The second kappa shape index (κ2) is 6.48. The van der Waals surface area contributed by atoms with Gasteiger partial charge in [0.05, 0.1) is 18.8 Å². The smallest absolute Gasteiger partial charge is 0.276 e. The molecule has 6 nitrogen and oxygen atoms in total. The van der Waals surface area contributed by atoms with E-state index in [0.29, 0.717) is 24.9 Å². The van der Waals surface area contributed by atoms with E-state index in [-0.39, 0.29) is 23.5 Å². The number of aromatic nitrogens is 1. The lowest BCUT2D eigenvalue weighted by atomic mass is 9.86. The first-order chi connectivity index (χ1) is 11.3. The third kappa shape index (κ3) is 3.35. The molecule has 134 valence electrons. The maximum Gasteiger partial charge on any atom is 0.276 e. The van der Waals surface area contributed by atoms with Gasteiger partial charge in [0.25, 0.3) is 5.91 Å². The molecule has 24 heavy (non-hydrogen) atoms. The zero-order valence-electron chi connectivity index (χ0n) is 15.4. The van der Waals surface area contributed by atoms with Crippen molar-refractivity contribution in [3.63, 3.8) is 0 Å². The van der Waals surface area contributed by atoms with Crippen molar-refractivity contribution < 1.29 is 14.1 Å². The van der Waals surface area contributed by atoms with Gasteiger partial charge in [0.15, 0.2) is 5.69 Å². The largest absolute Gasteiger partial charge is 0.374 e. The van der Waals surface area contributed by atoms with E-state index in [4.69, 9.17) is 9.26 Å². The minimum atomic E-state index is -0.150. The molecular formula is C18H29N3O3. The van der Waals surface area contributed by atoms with Gasteiger partial charge in [-0.3, -0.25) is 4.79 Å². The molecule has 0 unspecified atom stereocenters. The molecule has 2 heterocycles. The molecule has 1 aliphatic carbocycles. The van der Waals surface area contributed by atoms with E-state index >= 15 is 0 Å². The number of carbonyl (C=O) groups excluding carboxylic acids is 1. The molecule has 1 aliphatic heterocycles. The number of fused-ring (bicyclic) bond motifs is 1. The first kappa shape index (κ1) is 17.4. The van der Waals surface area contributed by atoms with E-state index in [1.165, 1.54) is 0 Å². The van der Waals surface area contributed by atoms with Gasteiger partial charge in [-0.1, -0.05) is 25.9 Å². The second-order valence-corrected chi connectivity index (χ2v) is 8.23. The number of amides is 1. The monoisotopic (exact) mass is 335 g/mol. The van der Waals surface area contributed by atoms with E-state index in [9.17, 15) is 4.79 Å². The highest BCUT2D eigenvalue weighted by Gasteiger charge is 2.41. The summed E-state index contributed by atoms with van der Waals surface area (Å²) in [6, 6.07) is 2.47. The van der Waals surface area contributed by atoms with Gasteiger partial charge in [-0.15, -0.1) is 0 Å². The van der Waals surface area contributed by atoms with Crippen LogP contribution in [0.1, 0.15) is 56.3 Å². The first-order valence-corrected chi connectivity index (χ1v) is 8.83. The van der Waals surface area contributed by atoms with Crippen molar-refractivity contribution >= 4 is 5.91 Å². The normalized spacial score (nSPS) is 28.1. The average molecular weight is 335 g/mol. The second-order valence-electron chi connectivity index (χ2n) is 8.23. The first-order valence-electron chi connectivity index (χ1n) is 8.83. The minimum absolute atomic E-state index is 0.0316. The molecule has 3 rings (SSSR count). The fourth-order valence-corrected chi connectivity index (χ4v) is 3.69. The zero-order chi connectivity index (χ0) is 17.5. The molecule has 2 fully saturated rings. The van der Waals surface area contributed by atoms with Crippen molar-refractivity contribution in [3.8, 4) is 0 Å². The molecule has 1 aromatic heterocycles. The maximum absolute atomic E-state index is 12.9. The van der Waals surface area contributed by atoms with E-state index in [1.54, 1.807) is 6.07 Å². The Morgan fingerprint density at radius 2 is 2.08 bits per heavy atom. The van der Waals surface area contributed by atoms with Gasteiger partial charge in [-0.05, 0) is 33.4 Å². The summed E-state index contributed by atoms with van der Waals surface area (Å²) in [5, 5.41) is 4.02. The van der Waals surface area contributed by atoms with Crippen LogP contribution in [0.15, 0.2) is 10.6 Å². The Kier molecular flexibility index (Phi) is 4.71. The molecule has 1 amide bonds. The Bertz CT molecular complexity index is 591. The lowest BCUT2D eigenvalue weighted by Crippen LogP contribution is -2.57. The van der Waals surface area contributed by atoms with Gasteiger partial charge in [-0.25, -0.2) is 0 Å². The summed E-state index contributed by atoms with van der Waals surface area (Å²) >= 11 is 0. The summed E-state index contributed by atoms with van der Waals surface area (Å²) in [6.07, 6.45) is 3.17. The van der Waals surface area contributed by atoms with Crippen molar-refractivity contribution in [2.24, 2.45) is 0 Å². The molecule has 0 radical (unpaired) electrons. The fourth-order valence-electron chi connectivity index (χ4n) is 3.69. The Morgan fingerprint density at radius 3 is 2.71 bits per heavy atom. The average Bonchev–Trinajstić information content (AvgIpc) is 3.03. The van der Waals surface area contributed by atoms with Crippen LogP contribution in [0.25, 0.3) is 0 Å². The maximum atomic E-state index is 12.9. The Labute approximate surface area is 144 Å². The lowest BCUT2D eigenvalue weighted by molar-refractivity contribution is -0.0879. The number of morpholine rings is 1. The van der Waals surface area contributed by atoms with Crippen molar-refractivity contribution in [2.75, 3.05) is 27.2 Å². The Morgan fingerprint density at radius 1 is 1.33 bits per heavy atom. The van der Waals surface area contributed by atoms with Crippen LogP contribution in [-0.2, 0) is 10.2 Å². The number of hydrogen-bond donors (Lipinski definition) is 0. The predicted molar refractivity (Wildman–Crippen MR) is 91.1 cm³/mol. The molecule has 1 aromatic rings. The van der Waals surface area contributed by atoms with Crippen molar-refractivity contribution in [1.29, 1.82) is 0 Å². The van der Waals surface area contributed by atoms with E-state index in [2.05, 4.69) is 44.9 Å². The van der Waals surface area contributed by atoms with E-state index in [0.717, 1.165) is 25.0 Å². The highest BCUT2D eigenvalue weighted by molar-refractivity contribution is 5.92. The number of carbonyl (C=O) groups is 1. The summed E-state index contributed by atoms with van der Waals surface area (Å²) in [5.41, 5.74) is 0.262. The molecule has 2 aliphatic rings. The Hall–Kier alpha value is -1.40. The van der Waals surface area contributed by atoms with Crippen LogP contribution < -0.4 is 0 Å². The highest BCUT2D eigenvalue weighted by Crippen LogP contribution is 2.32. The lowest BCUT2D eigenvalue weighted by Gasteiger charge is -2.46.